The minimum atomic E-state index is -0.778. The molecule has 0 aromatic carbocycles. The van der Waals surface area contributed by atoms with Crippen LogP contribution in [0.5, 0.6) is 0 Å². The summed E-state index contributed by atoms with van der Waals surface area (Å²) in [6, 6.07) is -0.0422. The van der Waals surface area contributed by atoms with Crippen LogP contribution in [0.2, 0.25) is 0 Å². The van der Waals surface area contributed by atoms with Crippen LogP contribution in [-0.4, -0.2) is 79.4 Å². The summed E-state index contributed by atoms with van der Waals surface area (Å²) in [5.41, 5.74) is 0. The van der Waals surface area contributed by atoms with Crippen molar-refractivity contribution >= 4 is 12.0 Å². The molecule has 1 aliphatic rings. The fraction of sp³-hybridized carbons (Fsp3) is 0.846. The third kappa shape index (κ3) is 6.72. The standard InChI is InChI=1S/C13H25N3O4/c1-2-20-11-3-5-14-13(19)16-9-7-15(8-10-16)6-4-12(17)18/h2-11H2,1H3,(H,14,19)(H,17,18). The van der Waals surface area contributed by atoms with Crippen molar-refractivity contribution in [2.75, 3.05) is 52.5 Å². The van der Waals surface area contributed by atoms with Gasteiger partial charge < -0.3 is 20.1 Å². The molecule has 0 bridgehead atoms. The Labute approximate surface area is 119 Å². The summed E-state index contributed by atoms with van der Waals surface area (Å²) in [5.74, 6) is -0.778. The van der Waals surface area contributed by atoms with Crippen LogP contribution in [0, 0.1) is 0 Å². The number of ether oxygens (including phenoxy) is 1. The lowest BCUT2D eigenvalue weighted by atomic mass is 10.3. The van der Waals surface area contributed by atoms with Gasteiger partial charge in [0.25, 0.3) is 0 Å². The molecule has 1 fully saturated rings. The first-order chi connectivity index (χ1) is 9.63. The van der Waals surface area contributed by atoms with Crippen molar-refractivity contribution in [2.45, 2.75) is 19.8 Å². The molecule has 1 aliphatic heterocycles. The van der Waals surface area contributed by atoms with Crippen molar-refractivity contribution in [3.05, 3.63) is 0 Å². The molecule has 1 heterocycles. The molecular weight excluding hydrogens is 262 g/mol. The second-order valence-electron chi connectivity index (χ2n) is 4.75. The minimum Gasteiger partial charge on any atom is -0.481 e. The summed E-state index contributed by atoms with van der Waals surface area (Å²) in [4.78, 5) is 26.2. The molecular formula is C13H25N3O4. The van der Waals surface area contributed by atoms with E-state index in [1.807, 2.05) is 6.92 Å². The van der Waals surface area contributed by atoms with E-state index in [2.05, 4.69) is 10.2 Å². The highest BCUT2D eigenvalue weighted by atomic mass is 16.5. The van der Waals surface area contributed by atoms with E-state index in [9.17, 15) is 9.59 Å². The quantitative estimate of drug-likeness (QED) is 0.624. The molecule has 2 amide bonds. The third-order valence-corrected chi connectivity index (χ3v) is 3.25. The van der Waals surface area contributed by atoms with E-state index in [1.54, 1.807) is 4.90 Å². The minimum absolute atomic E-state index is 0.0422. The number of hydrogen-bond donors (Lipinski definition) is 2. The third-order valence-electron chi connectivity index (χ3n) is 3.25. The number of carbonyl (C=O) groups excluding carboxylic acids is 1. The topological polar surface area (TPSA) is 82.1 Å². The van der Waals surface area contributed by atoms with Crippen molar-refractivity contribution in [2.24, 2.45) is 0 Å². The van der Waals surface area contributed by atoms with Crippen molar-refractivity contribution in [3.63, 3.8) is 0 Å². The number of carboxylic acid groups (broad SMARTS) is 1. The van der Waals surface area contributed by atoms with E-state index < -0.39 is 5.97 Å². The summed E-state index contributed by atoms with van der Waals surface area (Å²) in [6.45, 7) is 7.26. The van der Waals surface area contributed by atoms with Crippen LogP contribution in [0.1, 0.15) is 19.8 Å². The lowest BCUT2D eigenvalue weighted by molar-refractivity contribution is -0.137. The van der Waals surface area contributed by atoms with Gasteiger partial charge in [0, 0.05) is 52.5 Å². The van der Waals surface area contributed by atoms with E-state index in [4.69, 9.17) is 9.84 Å². The maximum absolute atomic E-state index is 11.9. The van der Waals surface area contributed by atoms with Crippen LogP contribution in [0.4, 0.5) is 4.79 Å². The predicted octanol–water partition coefficient (Wildman–Crippen LogP) is 0.215. The van der Waals surface area contributed by atoms with Gasteiger partial charge in [-0.15, -0.1) is 0 Å². The molecule has 0 atom stereocenters. The number of nitrogens with one attached hydrogen (secondary N) is 1. The molecule has 1 saturated heterocycles. The highest BCUT2D eigenvalue weighted by Gasteiger charge is 2.20. The van der Waals surface area contributed by atoms with Gasteiger partial charge in [-0.25, -0.2) is 4.79 Å². The van der Waals surface area contributed by atoms with E-state index in [1.165, 1.54) is 0 Å². The number of carbonyl (C=O) groups is 2. The summed E-state index contributed by atoms with van der Waals surface area (Å²) < 4.78 is 5.20. The summed E-state index contributed by atoms with van der Waals surface area (Å²) in [6.07, 6.45) is 0.974. The van der Waals surface area contributed by atoms with Gasteiger partial charge in [0.05, 0.1) is 6.42 Å². The Bertz CT molecular complexity index is 304. The average molecular weight is 287 g/mol. The zero-order valence-electron chi connectivity index (χ0n) is 12.1. The molecule has 0 spiro atoms. The van der Waals surface area contributed by atoms with Gasteiger partial charge in [0.2, 0.25) is 0 Å². The second-order valence-corrected chi connectivity index (χ2v) is 4.75. The number of hydrogen-bond acceptors (Lipinski definition) is 4. The maximum Gasteiger partial charge on any atom is 0.317 e. The fourth-order valence-electron chi connectivity index (χ4n) is 2.05. The van der Waals surface area contributed by atoms with Crippen molar-refractivity contribution in [1.29, 1.82) is 0 Å². The Balaban J connectivity index is 2.11. The zero-order valence-corrected chi connectivity index (χ0v) is 12.1. The monoisotopic (exact) mass is 287 g/mol. The van der Waals surface area contributed by atoms with Crippen molar-refractivity contribution < 1.29 is 19.4 Å². The number of amides is 2. The lowest BCUT2D eigenvalue weighted by Gasteiger charge is -2.34. The largest absolute Gasteiger partial charge is 0.481 e. The van der Waals surface area contributed by atoms with Crippen LogP contribution in [0.15, 0.2) is 0 Å². The van der Waals surface area contributed by atoms with E-state index in [0.717, 1.165) is 19.5 Å². The van der Waals surface area contributed by atoms with Gasteiger partial charge in [-0.05, 0) is 13.3 Å². The summed E-state index contributed by atoms with van der Waals surface area (Å²) in [5, 5.41) is 11.5. The molecule has 116 valence electrons. The average Bonchev–Trinajstić information content (AvgIpc) is 2.45. The van der Waals surface area contributed by atoms with Gasteiger partial charge in [-0.3, -0.25) is 9.69 Å². The first-order valence-electron chi connectivity index (χ1n) is 7.18. The highest BCUT2D eigenvalue weighted by molar-refractivity contribution is 5.74. The highest BCUT2D eigenvalue weighted by Crippen LogP contribution is 2.02. The molecule has 7 heteroatoms. The van der Waals surface area contributed by atoms with Crippen molar-refractivity contribution in [3.8, 4) is 0 Å². The van der Waals surface area contributed by atoms with Gasteiger partial charge in [0.15, 0.2) is 0 Å². The molecule has 0 saturated carbocycles. The SMILES string of the molecule is CCOCCCNC(=O)N1CCN(CCC(=O)O)CC1. The number of carboxylic acids is 1. The molecule has 0 unspecified atom stereocenters. The Kier molecular flexibility index (Phi) is 7.98. The molecule has 0 aliphatic carbocycles. The normalized spacial score (nSPS) is 16.1. The molecule has 1 rings (SSSR count). The summed E-state index contributed by atoms with van der Waals surface area (Å²) >= 11 is 0. The van der Waals surface area contributed by atoms with Gasteiger partial charge >= 0.3 is 12.0 Å². The van der Waals surface area contributed by atoms with Gasteiger partial charge in [-0.1, -0.05) is 0 Å². The van der Waals surface area contributed by atoms with Crippen LogP contribution in [0.3, 0.4) is 0 Å². The number of nitrogens with zero attached hydrogens (tertiary/aromatic N) is 2. The van der Waals surface area contributed by atoms with Gasteiger partial charge in [-0.2, -0.15) is 0 Å². The molecule has 0 aromatic rings. The zero-order chi connectivity index (χ0) is 14.8. The van der Waals surface area contributed by atoms with Gasteiger partial charge in [0.1, 0.15) is 0 Å². The lowest BCUT2D eigenvalue weighted by Crippen LogP contribution is -2.52. The van der Waals surface area contributed by atoms with Crippen LogP contribution in [0.25, 0.3) is 0 Å². The van der Waals surface area contributed by atoms with Crippen LogP contribution >= 0.6 is 0 Å². The molecule has 0 aromatic heterocycles. The van der Waals surface area contributed by atoms with Crippen LogP contribution in [-0.2, 0) is 9.53 Å². The van der Waals surface area contributed by atoms with E-state index >= 15 is 0 Å². The second kappa shape index (κ2) is 9.55. The number of piperazine rings is 1. The van der Waals surface area contributed by atoms with Crippen molar-refractivity contribution in [1.82, 2.24) is 15.1 Å². The smallest absolute Gasteiger partial charge is 0.317 e. The van der Waals surface area contributed by atoms with E-state index in [-0.39, 0.29) is 12.5 Å². The molecule has 7 nitrogen and oxygen atoms in total. The number of aliphatic carboxylic acids is 1. The number of rotatable bonds is 8. The predicted molar refractivity (Wildman–Crippen MR) is 74.8 cm³/mol. The number of urea groups is 1. The Morgan fingerprint density at radius 2 is 1.95 bits per heavy atom. The molecule has 2 N–H and O–H groups in total. The Hall–Kier alpha value is -1.34. The summed E-state index contributed by atoms with van der Waals surface area (Å²) in [7, 11) is 0. The van der Waals surface area contributed by atoms with E-state index in [0.29, 0.717) is 39.4 Å². The molecule has 20 heavy (non-hydrogen) atoms. The maximum atomic E-state index is 11.9. The Morgan fingerprint density at radius 1 is 1.25 bits per heavy atom. The molecule has 0 radical (unpaired) electrons. The Morgan fingerprint density at radius 3 is 2.55 bits per heavy atom. The van der Waals surface area contributed by atoms with Crippen LogP contribution < -0.4 is 5.32 Å². The first kappa shape index (κ1) is 16.7. The first-order valence-corrected chi connectivity index (χ1v) is 7.18. The fourth-order valence-corrected chi connectivity index (χ4v) is 2.05.